The van der Waals surface area contributed by atoms with Crippen LogP contribution in [0.2, 0.25) is 5.02 Å². The number of carboxylic acids is 1. The second-order valence-corrected chi connectivity index (χ2v) is 6.13. The number of hydrogen-bond donors (Lipinski definition) is 2. The Hall–Kier alpha value is -2.60. The van der Waals surface area contributed by atoms with Crippen molar-refractivity contribution >= 4 is 23.5 Å². The largest absolute Gasteiger partial charge is 0.479 e. The minimum Gasteiger partial charge on any atom is -0.479 e. The van der Waals surface area contributed by atoms with Crippen molar-refractivity contribution in [2.75, 3.05) is 6.54 Å². The summed E-state index contributed by atoms with van der Waals surface area (Å²) < 4.78 is 19.8. The summed E-state index contributed by atoms with van der Waals surface area (Å²) in [6.07, 6.45) is -0.338. The fourth-order valence-electron chi connectivity index (χ4n) is 2.27. The van der Waals surface area contributed by atoms with Crippen molar-refractivity contribution in [2.24, 2.45) is 0 Å². The molecule has 0 saturated heterocycles. The monoisotopic (exact) mass is 379 g/mol. The number of nitrogens with one attached hydrogen (secondary N) is 1. The highest BCUT2D eigenvalue weighted by Crippen LogP contribution is 2.34. The average molecular weight is 380 g/mol. The quantitative estimate of drug-likeness (QED) is 0.758. The van der Waals surface area contributed by atoms with Gasteiger partial charge in [0, 0.05) is 17.1 Å². The minimum atomic E-state index is -1.12. The SMILES string of the molecule is CCCNC(=O)c1ccc(-c2cc(Cl)ccc2O[C@@H](C)C(=O)O)cc1F. The summed E-state index contributed by atoms with van der Waals surface area (Å²) in [6.45, 7) is 3.75. The molecule has 0 unspecified atom stereocenters. The molecule has 0 radical (unpaired) electrons. The number of carbonyl (C=O) groups excluding carboxylic acids is 1. The van der Waals surface area contributed by atoms with Crippen molar-refractivity contribution in [3.8, 4) is 16.9 Å². The van der Waals surface area contributed by atoms with E-state index >= 15 is 0 Å². The fourth-order valence-corrected chi connectivity index (χ4v) is 2.44. The van der Waals surface area contributed by atoms with Gasteiger partial charge >= 0.3 is 5.97 Å². The van der Waals surface area contributed by atoms with Crippen molar-refractivity contribution in [3.63, 3.8) is 0 Å². The third-order valence-corrected chi connectivity index (χ3v) is 3.89. The Balaban J connectivity index is 2.39. The predicted molar refractivity (Wildman–Crippen MR) is 97.2 cm³/mol. The van der Waals surface area contributed by atoms with Gasteiger partial charge in [-0.15, -0.1) is 0 Å². The molecule has 2 N–H and O–H groups in total. The maximum Gasteiger partial charge on any atom is 0.344 e. The molecule has 0 spiro atoms. The number of ether oxygens (including phenoxy) is 1. The van der Waals surface area contributed by atoms with Gasteiger partial charge in [-0.2, -0.15) is 0 Å². The van der Waals surface area contributed by atoms with Gasteiger partial charge in [-0.1, -0.05) is 24.6 Å². The first-order valence-corrected chi connectivity index (χ1v) is 8.48. The summed E-state index contributed by atoms with van der Waals surface area (Å²) in [5.74, 6) is -2.04. The number of aliphatic carboxylic acids is 1. The highest BCUT2D eigenvalue weighted by atomic mass is 35.5. The second-order valence-electron chi connectivity index (χ2n) is 5.69. The zero-order valence-corrected chi connectivity index (χ0v) is 15.1. The number of amides is 1. The van der Waals surface area contributed by atoms with Crippen LogP contribution in [-0.2, 0) is 4.79 Å². The normalized spacial score (nSPS) is 11.7. The molecule has 1 atom stereocenters. The zero-order chi connectivity index (χ0) is 19.3. The third kappa shape index (κ3) is 4.73. The Labute approximate surface area is 155 Å². The van der Waals surface area contributed by atoms with E-state index in [0.717, 1.165) is 6.42 Å². The highest BCUT2D eigenvalue weighted by Gasteiger charge is 2.18. The lowest BCUT2D eigenvalue weighted by molar-refractivity contribution is -0.144. The van der Waals surface area contributed by atoms with Crippen molar-refractivity contribution in [3.05, 3.63) is 52.8 Å². The molecule has 0 fully saturated rings. The van der Waals surface area contributed by atoms with Gasteiger partial charge in [-0.05, 0) is 49.2 Å². The molecule has 2 aromatic carbocycles. The second kappa shape index (κ2) is 8.67. The van der Waals surface area contributed by atoms with E-state index in [0.29, 0.717) is 22.7 Å². The maximum atomic E-state index is 14.4. The smallest absolute Gasteiger partial charge is 0.344 e. The van der Waals surface area contributed by atoms with Gasteiger partial charge in [0.2, 0.25) is 0 Å². The van der Waals surface area contributed by atoms with Gasteiger partial charge in [-0.25, -0.2) is 9.18 Å². The Morgan fingerprint density at radius 2 is 2.00 bits per heavy atom. The number of rotatable bonds is 7. The Morgan fingerprint density at radius 3 is 2.62 bits per heavy atom. The van der Waals surface area contributed by atoms with E-state index in [1.165, 1.54) is 25.1 Å². The van der Waals surface area contributed by atoms with E-state index in [1.54, 1.807) is 18.2 Å². The van der Waals surface area contributed by atoms with E-state index in [2.05, 4.69) is 5.32 Å². The molecule has 0 bridgehead atoms. The molecule has 7 heteroatoms. The van der Waals surface area contributed by atoms with Crippen LogP contribution < -0.4 is 10.1 Å². The Bertz CT molecular complexity index is 825. The van der Waals surface area contributed by atoms with Crippen LogP contribution in [-0.4, -0.2) is 29.6 Å². The molecular weight excluding hydrogens is 361 g/mol. The molecule has 1 amide bonds. The third-order valence-electron chi connectivity index (χ3n) is 3.65. The first kappa shape index (κ1) is 19.7. The van der Waals surface area contributed by atoms with Crippen LogP contribution >= 0.6 is 11.6 Å². The number of halogens is 2. The van der Waals surface area contributed by atoms with Crippen LogP contribution in [0, 0.1) is 5.82 Å². The van der Waals surface area contributed by atoms with Crippen molar-refractivity contribution in [1.82, 2.24) is 5.32 Å². The van der Waals surface area contributed by atoms with E-state index in [4.69, 9.17) is 21.4 Å². The van der Waals surface area contributed by atoms with Crippen LogP contribution in [0.25, 0.3) is 11.1 Å². The van der Waals surface area contributed by atoms with Gasteiger partial charge in [0.1, 0.15) is 11.6 Å². The van der Waals surface area contributed by atoms with Crippen LogP contribution in [0.1, 0.15) is 30.6 Å². The summed E-state index contributed by atoms with van der Waals surface area (Å²) in [5, 5.41) is 12.0. The van der Waals surface area contributed by atoms with Gasteiger partial charge < -0.3 is 15.2 Å². The molecule has 0 heterocycles. The van der Waals surface area contributed by atoms with E-state index in [-0.39, 0.29) is 11.3 Å². The molecule has 138 valence electrons. The zero-order valence-electron chi connectivity index (χ0n) is 14.4. The molecule has 0 aromatic heterocycles. The molecule has 2 rings (SSSR count). The lowest BCUT2D eigenvalue weighted by Gasteiger charge is -2.15. The lowest BCUT2D eigenvalue weighted by atomic mass is 10.0. The fraction of sp³-hybridized carbons (Fsp3) is 0.263. The van der Waals surface area contributed by atoms with Crippen LogP contribution in [0.15, 0.2) is 36.4 Å². The number of hydrogen-bond acceptors (Lipinski definition) is 3. The van der Waals surface area contributed by atoms with Crippen molar-refractivity contribution < 1.29 is 23.8 Å². The summed E-state index contributed by atoms with van der Waals surface area (Å²) in [7, 11) is 0. The van der Waals surface area contributed by atoms with Gasteiger partial charge in [-0.3, -0.25) is 4.79 Å². The van der Waals surface area contributed by atoms with Crippen LogP contribution in [0.5, 0.6) is 5.75 Å². The molecule has 26 heavy (non-hydrogen) atoms. The van der Waals surface area contributed by atoms with Crippen molar-refractivity contribution in [2.45, 2.75) is 26.4 Å². The number of carbonyl (C=O) groups is 2. The minimum absolute atomic E-state index is 0.0643. The Morgan fingerprint density at radius 1 is 1.27 bits per heavy atom. The van der Waals surface area contributed by atoms with E-state index in [1.807, 2.05) is 6.92 Å². The summed E-state index contributed by atoms with van der Waals surface area (Å²) in [4.78, 5) is 23.0. The maximum absolute atomic E-state index is 14.4. The summed E-state index contributed by atoms with van der Waals surface area (Å²) >= 11 is 6.01. The van der Waals surface area contributed by atoms with Crippen molar-refractivity contribution in [1.29, 1.82) is 0 Å². The topological polar surface area (TPSA) is 75.6 Å². The number of carboxylic acid groups (broad SMARTS) is 1. The molecule has 0 aliphatic rings. The van der Waals surface area contributed by atoms with E-state index < -0.39 is 23.8 Å². The average Bonchev–Trinajstić information content (AvgIpc) is 2.60. The standard InChI is InChI=1S/C19H19ClFNO4/c1-3-8-22-18(23)14-6-4-12(9-16(14)21)15-10-13(20)5-7-17(15)26-11(2)19(24)25/h4-7,9-11H,3,8H2,1-2H3,(H,22,23)(H,24,25)/t11-/m0/s1. The summed E-state index contributed by atoms with van der Waals surface area (Å²) in [5.41, 5.74) is 0.792. The van der Waals surface area contributed by atoms with Gasteiger partial charge in [0.25, 0.3) is 5.91 Å². The first-order valence-electron chi connectivity index (χ1n) is 8.10. The van der Waals surface area contributed by atoms with Gasteiger partial charge in [0.05, 0.1) is 5.56 Å². The van der Waals surface area contributed by atoms with Gasteiger partial charge in [0.15, 0.2) is 6.10 Å². The first-order chi connectivity index (χ1) is 12.3. The van der Waals surface area contributed by atoms with E-state index in [9.17, 15) is 14.0 Å². The summed E-state index contributed by atoms with van der Waals surface area (Å²) in [6, 6.07) is 8.77. The molecule has 2 aromatic rings. The van der Waals surface area contributed by atoms with Crippen LogP contribution in [0.4, 0.5) is 4.39 Å². The number of benzene rings is 2. The lowest BCUT2D eigenvalue weighted by Crippen LogP contribution is -2.25. The highest BCUT2D eigenvalue weighted by molar-refractivity contribution is 6.31. The predicted octanol–water partition coefficient (Wildman–Crippen LogP) is 4.14. The molecule has 0 aliphatic carbocycles. The molecule has 0 saturated carbocycles. The molecular formula is C19H19ClFNO4. The van der Waals surface area contributed by atoms with Crippen LogP contribution in [0.3, 0.4) is 0 Å². The molecule has 5 nitrogen and oxygen atoms in total. The molecule has 0 aliphatic heterocycles. The Kier molecular flexibility index (Phi) is 6.58.